The predicted octanol–water partition coefficient (Wildman–Crippen LogP) is 4.67. The number of ether oxygens (including phenoxy) is 3. The molecule has 0 aliphatic carbocycles. The number of nitriles is 1. The number of nitrogens with zero attached hydrogens (tertiary/aromatic N) is 2. The maximum atomic E-state index is 9.30. The van der Waals surface area contributed by atoms with Gasteiger partial charge in [-0.2, -0.15) is 10.2 Å². The number of benzene rings is 2. The van der Waals surface area contributed by atoms with Crippen LogP contribution in [-0.4, -0.2) is 18.2 Å². The van der Waals surface area contributed by atoms with E-state index < -0.39 is 0 Å². The minimum atomic E-state index is 0.105. The quantitative estimate of drug-likeness (QED) is 0.578. The summed E-state index contributed by atoms with van der Waals surface area (Å²) in [5.41, 5.74) is 0.925. The van der Waals surface area contributed by atoms with Crippen molar-refractivity contribution in [3.8, 4) is 23.3 Å². The normalized spacial score (nSPS) is 10.2. The van der Waals surface area contributed by atoms with Gasteiger partial charge in [-0.25, -0.2) is 0 Å². The SMILES string of the molecule is CCOc1ccc(Nc2oc(COc3ccc(OCC)cc3)nc2C#N)cc1. The Morgan fingerprint density at radius 1 is 0.893 bits per heavy atom. The fraction of sp³-hybridized carbons (Fsp3) is 0.238. The monoisotopic (exact) mass is 379 g/mol. The number of nitrogens with one attached hydrogen (secondary N) is 1. The lowest BCUT2D eigenvalue weighted by atomic mass is 10.3. The van der Waals surface area contributed by atoms with E-state index in [9.17, 15) is 5.26 Å². The Morgan fingerprint density at radius 3 is 1.96 bits per heavy atom. The zero-order valence-electron chi connectivity index (χ0n) is 15.8. The molecule has 0 saturated heterocycles. The second-order valence-electron chi connectivity index (χ2n) is 5.67. The lowest BCUT2D eigenvalue weighted by Crippen LogP contribution is -1.96. The molecule has 1 N–H and O–H groups in total. The van der Waals surface area contributed by atoms with Gasteiger partial charge in [-0.05, 0) is 62.4 Å². The first-order chi connectivity index (χ1) is 13.7. The molecule has 0 spiro atoms. The van der Waals surface area contributed by atoms with E-state index in [1.54, 1.807) is 12.1 Å². The summed E-state index contributed by atoms with van der Waals surface area (Å²) < 4.78 is 22.1. The van der Waals surface area contributed by atoms with Crippen molar-refractivity contribution in [2.75, 3.05) is 18.5 Å². The third kappa shape index (κ3) is 4.95. The van der Waals surface area contributed by atoms with Crippen LogP contribution in [0, 0.1) is 11.3 Å². The van der Waals surface area contributed by atoms with Crippen LogP contribution < -0.4 is 19.5 Å². The van der Waals surface area contributed by atoms with Gasteiger partial charge in [0.2, 0.25) is 17.5 Å². The van der Waals surface area contributed by atoms with E-state index in [1.807, 2.05) is 56.3 Å². The highest BCUT2D eigenvalue weighted by Gasteiger charge is 2.14. The standard InChI is InChI=1S/C21H21N3O4/c1-3-25-16-7-5-15(6-8-16)23-21-19(13-22)24-20(28-21)14-27-18-11-9-17(10-12-18)26-4-2/h5-12,23H,3-4,14H2,1-2H3. The fourth-order valence-corrected chi connectivity index (χ4v) is 2.46. The summed E-state index contributed by atoms with van der Waals surface area (Å²) in [4.78, 5) is 4.17. The van der Waals surface area contributed by atoms with Crippen molar-refractivity contribution in [1.29, 1.82) is 5.26 Å². The van der Waals surface area contributed by atoms with Crippen molar-refractivity contribution in [2.45, 2.75) is 20.5 Å². The van der Waals surface area contributed by atoms with E-state index in [2.05, 4.69) is 10.3 Å². The lowest BCUT2D eigenvalue weighted by molar-refractivity contribution is 0.264. The van der Waals surface area contributed by atoms with Gasteiger partial charge in [0.25, 0.3) is 0 Å². The van der Waals surface area contributed by atoms with Crippen LogP contribution >= 0.6 is 0 Å². The molecule has 2 aromatic carbocycles. The second-order valence-corrected chi connectivity index (χ2v) is 5.67. The highest BCUT2D eigenvalue weighted by atomic mass is 16.5. The fourth-order valence-electron chi connectivity index (χ4n) is 2.46. The van der Waals surface area contributed by atoms with Crippen LogP contribution in [0.25, 0.3) is 0 Å². The van der Waals surface area contributed by atoms with E-state index in [0.717, 1.165) is 17.2 Å². The molecular weight excluding hydrogens is 358 g/mol. The molecule has 1 heterocycles. The number of aromatic nitrogens is 1. The van der Waals surface area contributed by atoms with Crippen molar-refractivity contribution in [2.24, 2.45) is 0 Å². The van der Waals surface area contributed by atoms with Crippen LogP contribution in [0.15, 0.2) is 52.9 Å². The van der Waals surface area contributed by atoms with Gasteiger partial charge >= 0.3 is 0 Å². The average Bonchev–Trinajstić information content (AvgIpc) is 3.11. The summed E-state index contributed by atoms with van der Waals surface area (Å²) in [5.74, 6) is 2.78. The van der Waals surface area contributed by atoms with Gasteiger partial charge in [-0.15, -0.1) is 0 Å². The Balaban J connectivity index is 1.64. The molecule has 0 fully saturated rings. The van der Waals surface area contributed by atoms with Gasteiger partial charge < -0.3 is 23.9 Å². The molecule has 0 atom stereocenters. The molecule has 3 rings (SSSR count). The van der Waals surface area contributed by atoms with Gasteiger partial charge in [0.15, 0.2) is 6.61 Å². The Kier molecular flexibility index (Phi) is 6.37. The Hall–Kier alpha value is -3.66. The van der Waals surface area contributed by atoms with Crippen LogP contribution in [0.2, 0.25) is 0 Å². The summed E-state index contributed by atoms with van der Waals surface area (Å²) in [6, 6.07) is 16.6. The third-order valence-electron chi connectivity index (χ3n) is 3.70. The molecule has 1 aromatic heterocycles. The maximum Gasteiger partial charge on any atom is 0.236 e. The van der Waals surface area contributed by atoms with Gasteiger partial charge in [0.1, 0.15) is 23.3 Å². The van der Waals surface area contributed by atoms with Crippen molar-refractivity contribution in [3.63, 3.8) is 0 Å². The van der Waals surface area contributed by atoms with E-state index in [-0.39, 0.29) is 18.2 Å². The van der Waals surface area contributed by atoms with Gasteiger partial charge in [-0.3, -0.25) is 0 Å². The van der Waals surface area contributed by atoms with Crippen molar-refractivity contribution in [1.82, 2.24) is 4.98 Å². The van der Waals surface area contributed by atoms with Crippen molar-refractivity contribution >= 4 is 11.6 Å². The van der Waals surface area contributed by atoms with Crippen LogP contribution in [0.5, 0.6) is 17.2 Å². The molecule has 3 aromatic rings. The van der Waals surface area contributed by atoms with Crippen LogP contribution in [0.4, 0.5) is 11.6 Å². The van der Waals surface area contributed by atoms with E-state index in [4.69, 9.17) is 18.6 Å². The summed E-state index contributed by atoms with van der Waals surface area (Å²) in [6.45, 7) is 5.17. The molecule has 0 bridgehead atoms. The number of rotatable bonds is 9. The van der Waals surface area contributed by atoms with Crippen molar-refractivity contribution < 1.29 is 18.6 Å². The molecule has 0 unspecified atom stereocenters. The molecular formula is C21H21N3O4. The summed E-state index contributed by atoms with van der Waals surface area (Å²) in [7, 11) is 0. The van der Waals surface area contributed by atoms with Gasteiger partial charge in [0, 0.05) is 5.69 Å². The molecule has 0 aliphatic rings. The molecule has 7 nitrogen and oxygen atoms in total. The molecule has 7 heteroatoms. The highest BCUT2D eigenvalue weighted by molar-refractivity contribution is 5.60. The molecule has 0 radical (unpaired) electrons. The first-order valence-corrected chi connectivity index (χ1v) is 8.97. The average molecular weight is 379 g/mol. The first-order valence-electron chi connectivity index (χ1n) is 8.97. The minimum absolute atomic E-state index is 0.105. The summed E-state index contributed by atoms with van der Waals surface area (Å²) in [6.07, 6.45) is 0. The van der Waals surface area contributed by atoms with E-state index in [0.29, 0.717) is 24.9 Å². The topological polar surface area (TPSA) is 89.5 Å². The zero-order valence-corrected chi connectivity index (χ0v) is 15.8. The molecule has 0 saturated carbocycles. The third-order valence-corrected chi connectivity index (χ3v) is 3.70. The van der Waals surface area contributed by atoms with E-state index in [1.165, 1.54) is 0 Å². The Labute approximate surface area is 163 Å². The molecule has 0 amide bonds. The first kappa shape index (κ1) is 19.1. The number of oxazole rings is 1. The van der Waals surface area contributed by atoms with Gasteiger partial charge in [-0.1, -0.05) is 0 Å². The predicted molar refractivity (Wildman–Crippen MR) is 104 cm³/mol. The van der Waals surface area contributed by atoms with Gasteiger partial charge in [0.05, 0.1) is 13.2 Å². The van der Waals surface area contributed by atoms with E-state index >= 15 is 0 Å². The number of hydrogen-bond acceptors (Lipinski definition) is 7. The van der Waals surface area contributed by atoms with Crippen LogP contribution in [-0.2, 0) is 6.61 Å². The Bertz CT molecular complexity index is 928. The smallest absolute Gasteiger partial charge is 0.236 e. The molecule has 28 heavy (non-hydrogen) atoms. The maximum absolute atomic E-state index is 9.30. The summed E-state index contributed by atoms with van der Waals surface area (Å²) >= 11 is 0. The molecule has 0 aliphatic heterocycles. The summed E-state index contributed by atoms with van der Waals surface area (Å²) in [5, 5.41) is 12.4. The highest BCUT2D eigenvalue weighted by Crippen LogP contribution is 2.25. The zero-order chi connectivity index (χ0) is 19.8. The number of anilines is 2. The second kappa shape index (κ2) is 9.33. The van der Waals surface area contributed by atoms with Crippen LogP contribution in [0.3, 0.4) is 0 Å². The molecule has 144 valence electrons. The minimum Gasteiger partial charge on any atom is -0.494 e. The lowest BCUT2D eigenvalue weighted by Gasteiger charge is -2.06. The number of hydrogen-bond donors (Lipinski definition) is 1. The van der Waals surface area contributed by atoms with Crippen LogP contribution in [0.1, 0.15) is 25.4 Å². The largest absolute Gasteiger partial charge is 0.494 e. The van der Waals surface area contributed by atoms with Crippen molar-refractivity contribution in [3.05, 3.63) is 60.1 Å². The Morgan fingerprint density at radius 2 is 1.43 bits per heavy atom.